The van der Waals surface area contributed by atoms with Crippen molar-refractivity contribution in [2.45, 2.75) is 18.7 Å². The molecule has 0 aliphatic heterocycles. The Balaban J connectivity index is 1.78. The number of aryl methyl sites for hydroxylation is 2. The van der Waals surface area contributed by atoms with Gasteiger partial charge in [0.2, 0.25) is 0 Å². The van der Waals surface area contributed by atoms with Crippen LogP contribution in [0.5, 0.6) is 0 Å². The van der Waals surface area contributed by atoms with Crippen LogP contribution in [0.2, 0.25) is 5.02 Å². The molecule has 2 rings (SSSR count). The summed E-state index contributed by atoms with van der Waals surface area (Å²) in [5.74, 6) is -1.69. The van der Waals surface area contributed by atoms with Gasteiger partial charge in [0.15, 0.2) is 6.61 Å². The van der Waals surface area contributed by atoms with Gasteiger partial charge in [-0.3, -0.25) is 9.59 Å². The molecule has 0 saturated carbocycles. The van der Waals surface area contributed by atoms with Gasteiger partial charge < -0.3 is 10.1 Å². The van der Waals surface area contributed by atoms with Crippen LogP contribution >= 0.6 is 23.4 Å². The van der Waals surface area contributed by atoms with Gasteiger partial charge in [-0.15, -0.1) is 11.8 Å². The van der Waals surface area contributed by atoms with E-state index in [1.807, 2.05) is 32.0 Å². The number of nitrogens with one attached hydrogen (secondary N) is 1. The van der Waals surface area contributed by atoms with Gasteiger partial charge in [-0.05, 0) is 55.3 Å². The Morgan fingerprint density at radius 1 is 1.16 bits per heavy atom. The molecule has 4 nitrogen and oxygen atoms in total. The minimum atomic E-state index is -0.634. The first kappa shape index (κ1) is 19.3. The summed E-state index contributed by atoms with van der Waals surface area (Å²) in [7, 11) is 0. The lowest BCUT2D eigenvalue weighted by atomic mass is 10.1. The van der Waals surface area contributed by atoms with Crippen LogP contribution in [-0.2, 0) is 14.3 Å². The van der Waals surface area contributed by atoms with Crippen molar-refractivity contribution in [2.24, 2.45) is 0 Å². The summed E-state index contributed by atoms with van der Waals surface area (Å²) in [6, 6.07) is 9.69. The van der Waals surface area contributed by atoms with Gasteiger partial charge >= 0.3 is 5.97 Å². The van der Waals surface area contributed by atoms with Gasteiger partial charge in [0.1, 0.15) is 5.82 Å². The quantitative estimate of drug-likeness (QED) is 0.596. The highest BCUT2D eigenvalue weighted by Crippen LogP contribution is 2.21. The number of thioether (sulfide) groups is 1. The molecule has 2 aromatic rings. The van der Waals surface area contributed by atoms with Gasteiger partial charge in [0.25, 0.3) is 5.91 Å². The molecule has 1 N–H and O–H groups in total. The summed E-state index contributed by atoms with van der Waals surface area (Å²) in [5, 5.41) is 2.60. The molecule has 0 heterocycles. The predicted octanol–water partition coefficient (Wildman–Crippen LogP) is 4.37. The maximum absolute atomic E-state index is 13.5. The molecule has 0 bridgehead atoms. The summed E-state index contributed by atoms with van der Waals surface area (Å²) in [5.41, 5.74) is 2.26. The van der Waals surface area contributed by atoms with Crippen LogP contribution in [0.15, 0.2) is 41.3 Å². The monoisotopic (exact) mass is 381 g/mol. The van der Waals surface area contributed by atoms with Crippen molar-refractivity contribution < 1.29 is 18.7 Å². The van der Waals surface area contributed by atoms with E-state index in [9.17, 15) is 14.0 Å². The topological polar surface area (TPSA) is 55.4 Å². The number of carbonyl (C=O) groups is 2. The van der Waals surface area contributed by atoms with Gasteiger partial charge in [-0.1, -0.05) is 17.7 Å². The molecule has 7 heteroatoms. The highest BCUT2D eigenvalue weighted by Gasteiger charge is 2.11. The van der Waals surface area contributed by atoms with Crippen LogP contribution in [0, 0.1) is 19.7 Å². The molecule has 0 saturated heterocycles. The first-order valence-corrected chi connectivity index (χ1v) is 8.82. The number of ether oxygens (including phenoxy) is 1. The fourth-order valence-corrected chi connectivity index (χ4v) is 2.88. The highest BCUT2D eigenvalue weighted by atomic mass is 35.5. The van der Waals surface area contributed by atoms with E-state index < -0.39 is 24.3 Å². The van der Waals surface area contributed by atoms with E-state index in [1.165, 1.54) is 29.5 Å². The predicted molar refractivity (Wildman–Crippen MR) is 97.6 cm³/mol. The number of benzene rings is 2. The van der Waals surface area contributed by atoms with Crippen molar-refractivity contribution >= 4 is 40.9 Å². The number of halogens is 2. The van der Waals surface area contributed by atoms with Crippen LogP contribution in [0.4, 0.5) is 10.1 Å². The van der Waals surface area contributed by atoms with Crippen molar-refractivity contribution in [3.05, 3.63) is 58.4 Å². The second-order valence-corrected chi connectivity index (χ2v) is 6.85. The minimum Gasteiger partial charge on any atom is -0.455 e. The molecular formula is C18H17ClFNO3S. The Morgan fingerprint density at radius 2 is 1.92 bits per heavy atom. The van der Waals surface area contributed by atoms with Gasteiger partial charge in [0, 0.05) is 9.92 Å². The molecule has 0 radical (unpaired) electrons. The number of hydrogen-bond donors (Lipinski definition) is 1. The second-order valence-electron chi connectivity index (χ2n) is 5.37. The SMILES string of the molecule is Cc1ccc(SCC(=O)OCC(=O)Nc2cc(Cl)ccc2F)cc1C. The Labute approximate surface area is 154 Å². The standard InChI is InChI=1S/C18H17ClFNO3S/c1-11-3-5-14(7-12(11)2)25-10-18(23)24-9-17(22)21-16-8-13(19)4-6-15(16)20/h3-8H,9-10H2,1-2H3,(H,21,22). The first-order valence-electron chi connectivity index (χ1n) is 7.45. The molecule has 0 aliphatic carbocycles. The van der Waals surface area contributed by atoms with Crippen molar-refractivity contribution in [1.29, 1.82) is 0 Å². The van der Waals surface area contributed by atoms with E-state index in [4.69, 9.17) is 16.3 Å². The molecule has 0 spiro atoms. The number of esters is 1. The second kappa shape index (κ2) is 8.87. The average molecular weight is 382 g/mol. The third kappa shape index (κ3) is 6.07. The van der Waals surface area contributed by atoms with Crippen LogP contribution in [-0.4, -0.2) is 24.2 Å². The van der Waals surface area contributed by atoms with E-state index in [0.717, 1.165) is 16.5 Å². The maximum Gasteiger partial charge on any atom is 0.316 e. The molecule has 25 heavy (non-hydrogen) atoms. The third-order valence-corrected chi connectivity index (χ3v) is 4.60. The first-order chi connectivity index (χ1) is 11.8. The summed E-state index contributed by atoms with van der Waals surface area (Å²) >= 11 is 7.07. The number of amides is 1. The number of hydrogen-bond acceptors (Lipinski definition) is 4. The molecule has 2 aromatic carbocycles. The molecule has 0 aromatic heterocycles. The largest absolute Gasteiger partial charge is 0.455 e. The van der Waals surface area contributed by atoms with Gasteiger partial charge in [-0.2, -0.15) is 0 Å². The van der Waals surface area contributed by atoms with Crippen molar-refractivity contribution in [3.8, 4) is 0 Å². The zero-order valence-electron chi connectivity index (χ0n) is 13.8. The molecule has 0 fully saturated rings. The molecular weight excluding hydrogens is 365 g/mol. The van der Waals surface area contributed by atoms with E-state index >= 15 is 0 Å². The minimum absolute atomic E-state index is 0.0574. The van der Waals surface area contributed by atoms with Crippen LogP contribution in [0.25, 0.3) is 0 Å². The fraction of sp³-hybridized carbons (Fsp3) is 0.222. The van der Waals surface area contributed by atoms with Crippen molar-refractivity contribution in [2.75, 3.05) is 17.7 Å². The molecule has 132 valence electrons. The number of carbonyl (C=O) groups excluding carboxylic acids is 2. The summed E-state index contributed by atoms with van der Waals surface area (Å²) in [6.45, 7) is 3.52. The van der Waals surface area contributed by atoms with Crippen LogP contribution < -0.4 is 5.32 Å². The van der Waals surface area contributed by atoms with Crippen LogP contribution in [0.3, 0.4) is 0 Å². The zero-order valence-corrected chi connectivity index (χ0v) is 15.3. The Morgan fingerprint density at radius 3 is 2.64 bits per heavy atom. The Hall–Kier alpha value is -2.05. The van der Waals surface area contributed by atoms with Crippen molar-refractivity contribution in [1.82, 2.24) is 0 Å². The molecule has 0 atom stereocenters. The Kier molecular flexibility index (Phi) is 6.84. The third-order valence-electron chi connectivity index (χ3n) is 3.40. The smallest absolute Gasteiger partial charge is 0.316 e. The molecule has 0 unspecified atom stereocenters. The normalized spacial score (nSPS) is 10.4. The van der Waals surface area contributed by atoms with Gasteiger partial charge in [0.05, 0.1) is 11.4 Å². The van der Waals surface area contributed by atoms with E-state index in [-0.39, 0.29) is 11.4 Å². The zero-order chi connectivity index (χ0) is 18.4. The lowest BCUT2D eigenvalue weighted by Crippen LogP contribution is -2.22. The molecule has 0 aliphatic rings. The maximum atomic E-state index is 13.5. The lowest BCUT2D eigenvalue weighted by Gasteiger charge is -2.08. The van der Waals surface area contributed by atoms with E-state index in [0.29, 0.717) is 5.02 Å². The fourth-order valence-electron chi connectivity index (χ4n) is 1.91. The number of anilines is 1. The molecule has 1 amide bonds. The Bertz CT molecular complexity index is 798. The summed E-state index contributed by atoms with van der Waals surface area (Å²) in [6.07, 6.45) is 0. The van der Waals surface area contributed by atoms with Gasteiger partial charge in [-0.25, -0.2) is 4.39 Å². The van der Waals surface area contributed by atoms with E-state index in [2.05, 4.69) is 5.32 Å². The summed E-state index contributed by atoms with van der Waals surface area (Å²) in [4.78, 5) is 24.4. The highest BCUT2D eigenvalue weighted by molar-refractivity contribution is 8.00. The average Bonchev–Trinajstić information content (AvgIpc) is 2.57. The number of rotatable bonds is 6. The lowest BCUT2D eigenvalue weighted by molar-refractivity contribution is -0.144. The summed E-state index contributed by atoms with van der Waals surface area (Å²) < 4.78 is 18.4. The van der Waals surface area contributed by atoms with Crippen molar-refractivity contribution in [3.63, 3.8) is 0 Å². The van der Waals surface area contributed by atoms with Crippen LogP contribution in [0.1, 0.15) is 11.1 Å². The van der Waals surface area contributed by atoms with E-state index in [1.54, 1.807) is 0 Å².